The lowest BCUT2D eigenvalue weighted by atomic mass is 10.2. The number of aliphatic hydroxyl groups is 1. The number of benzene rings is 2. The van der Waals surface area contributed by atoms with Crippen LogP contribution in [0.3, 0.4) is 0 Å². The molecule has 0 spiro atoms. The summed E-state index contributed by atoms with van der Waals surface area (Å²) >= 11 is 3.49. The molecule has 0 bridgehead atoms. The van der Waals surface area contributed by atoms with Crippen LogP contribution < -0.4 is 15.4 Å². The van der Waals surface area contributed by atoms with E-state index in [9.17, 15) is 5.11 Å². The van der Waals surface area contributed by atoms with Crippen molar-refractivity contribution in [2.24, 2.45) is 0 Å². The van der Waals surface area contributed by atoms with E-state index in [0.29, 0.717) is 24.1 Å². The van der Waals surface area contributed by atoms with Crippen LogP contribution in [0.1, 0.15) is 0 Å². The fourth-order valence-corrected chi connectivity index (χ4v) is 3.80. The summed E-state index contributed by atoms with van der Waals surface area (Å²) in [5, 5.41) is 16.8. The molecule has 0 saturated carbocycles. The Kier molecular flexibility index (Phi) is 8.11. The normalized spacial score (nSPS) is 15.7. The molecule has 174 valence electrons. The smallest absolute Gasteiger partial charge is 0.229 e. The van der Waals surface area contributed by atoms with Crippen molar-refractivity contribution in [3.63, 3.8) is 0 Å². The fourth-order valence-electron chi connectivity index (χ4n) is 3.51. The standard InChI is InChI=1S/C24H29BrN6O2/c1-30-11-13-31(14-12-30)16-20(32)17-33-21-9-7-19(8-10-21)28-24-26-15-22(25)23(29-24)27-18-5-3-2-4-6-18/h2-10,15,20,32H,11-14,16-17H2,1H3,(H2,26,27,28,29). The van der Waals surface area contributed by atoms with Crippen LogP contribution in [0.15, 0.2) is 65.3 Å². The highest BCUT2D eigenvalue weighted by Gasteiger charge is 2.17. The summed E-state index contributed by atoms with van der Waals surface area (Å²) in [6.45, 7) is 4.93. The number of aromatic nitrogens is 2. The number of halogens is 1. The van der Waals surface area contributed by atoms with Crippen molar-refractivity contribution >= 4 is 39.1 Å². The Hall–Kier alpha value is -2.72. The first-order valence-electron chi connectivity index (χ1n) is 11.0. The number of para-hydroxylation sites is 1. The van der Waals surface area contributed by atoms with E-state index in [1.807, 2.05) is 54.6 Å². The zero-order valence-corrected chi connectivity index (χ0v) is 20.2. The molecule has 4 rings (SSSR count). The minimum Gasteiger partial charge on any atom is -0.491 e. The Bertz CT molecular complexity index is 1010. The molecule has 0 aliphatic carbocycles. The number of anilines is 4. The summed E-state index contributed by atoms with van der Waals surface area (Å²) in [5.41, 5.74) is 1.78. The molecule has 8 nitrogen and oxygen atoms in total. The molecule has 1 atom stereocenters. The van der Waals surface area contributed by atoms with Gasteiger partial charge in [-0.1, -0.05) is 18.2 Å². The molecule has 3 N–H and O–H groups in total. The Balaban J connectivity index is 1.28. The zero-order chi connectivity index (χ0) is 23.0. The van der Waals surface area contributed by atoms with Crippen molar-refractivity contribution in [2.45, 2.75) is 6.10 Å². The lowest BCUT2D eigenvalue weighted by molar-refractivity contribution is 0.0505. The second kappa shape index (κ2) is 11.4. The third-order valence-corrected chi connectivity index (χ3v) is 5.98. The maximum Gasteiger partial charge on any atom is 0.229 e. The molecule has 1 aromatic heterocycles. The van der Waals surface area contributed by atoms with Crippen LogP contribution in [-0.2, 0) is 0 Å². The molecule has 2 aromatic carbocycles. The van der Waals surface area contributed by atoms with Crippen molar-refractivity contribution in [3.05, 3.63) is 65.3 Å². The summed E-state index contributed by atoms with van der Waals surface area (Å²) in [7, 11) is 2.12. The van der Waals surface area contributed by atoms with Gasteiger partial charge in [0.15, 0.2) is 0 Å². The molecule has 9 heteroatoms. The second-order valence-corrected chi connectivity index (χ2v) is 8.95. The first-order valence-corrected chi connectivity index (χ1v) is 11.8. The Labute approximate surface area is 202 Å². The number of hydrogen-bond acceptors (Lipinski definition) is 8. The number of likely N-dealkylation sites (N-methyl/N-ethyl adjacent to an activating group) is 1. The van der Waals surface area contributed by atoms with Gasteiger partial charge in [0.2, 0.25) is 5.95 Å². The average Bonchev–Trinajstić information content (AvgIpc) is 2.83. The zero-order valence-electron chi connectivity index (χ0n) is 18.6. The minimum atomic E-state index is -0.516. The van der Waals surface area contributed by atoms with Gasteiger partial charge in [-0.15, -0.1) is 0 Å². The van der Waals surface area contributed by atoms with Gasteiger partial charge in [-0.05, 0) is 59.4 Å². The molecule has 1 unspecified atom stereocenters. The Morgan fingerprint density at radius 3 is 2.42 bits per heavy atom. The number of nitrogens with zero attached hydrogens (tertiary/aromatic N) is 4. The van der Waals surface area contributed by atoms with E-state index in [1.165, 1.54) is 0 Å². The highest BCUT2D eigenvalue weighted by Crippen LogP contribution is 2.25. The SMILES string of the molecule is CN1CCN(CC(O)COc2ccc(Nc3ncc(Br)c(Nc4ccccc4)n3)cc2)CC1. The molecule has 1 fully saturated rings. The highest BCUT2D eigenvalue weighted by atomic mass is 79.9. The van der Waals surface area contributed by atoms with Gasteiger partial charge in [0.1, 0.15) is 24.3 Å². The average molecular weight is 513 g/mol. The highest BCUT2D eigenvalue weighted by molar-refractivity contribution is 9.10. The molecular weight excluding hydrogens is 484 g/mol. The summed E-state index contributed by atoms with van der Waals surface area (Å²) in [4.78, 5) is 13.5. The van der Waals surface area contributed by atoms with E-state index < -0.39 is 6.10 Å². The van der Waals surface area contributed by atoms with Gasteiger partial charge in [0.25, 0.3) is 0 Å². The molecule has 1 aliphatic rings. The van der Waals surface area contributed by atoms with Crippen LogP contribution in [0.4, 0.5) is 23.1 Å². The summed E-state index contributed by atoms with van der Waals surface area (Å²) in [5.74, 6) is 1.86. The van der Waals surface area contributed by atoms with Gasteiger partial charge in [0, 0.05) is 50.3 Å². The lowest BCUT2D eigenvalue weighted by Gasteiger charge is -2.33. The van der Waals surface area contributed by atoms with Crippen molar-refractivity contribution in [2.75, 3.05) is 57.0 Å². The maximum absolute atomic E-state index is 10.3. The summed E-state index contributed by atoms with van der Waals surface area (Å²) < 4.78 is 6.55. The van der Waals surface area contributed by atoms with Gasteiger partial charge < -0.3 is 25.4 Å². The van der Waals surface area contributed by atoms with Crippen LogP contribution >= 0.6 is 15.9 Å². The number of aliphatic hydroxyl groups excluding tert-OH is 1. The lowest BCUT2D eigenvalue weighted by Crippen LogP contribution is -2.47. The second-order valence-electron chi connectivity index (χ2n) is 8.10. The van der Waals surface area contributed by atoms with Gasteiger partial charge in [0.05, 0.1) is 4.47 Å². The van der Waals surface area contributed by atoms with Crippen LogP contribution in [-0.4, -0.2) is 77.4 Å². The van der Waals surface area contributed by atoms with E-state index in [-0.39, 0.29) is 6.61 Å². The number of rotatable bonds is 9. The molecule has 0 radical (unpaired) electrons. The predicted molar refractivity (Wildman–Crippen MR) is 135 cm³/mol. The summed E-state index contributed by atoms with van der Waals surface area (Å²) in [6.07, 6.45) is 1.19. The Morgan fingerprint density at radius 2 is 1.70 bits per heavy atom. The van der Waals surface area contributed by atoms with E-state index in [4.69, 9.17) is 4.74 Å². The topological polar surface area (TPSA) is 85.8 Å². The molecule has 33 heavy (non-hydrogen) atoms. The van der Waals surface area contributed by atoms with E-state index in [1.54, 1.807) is 6.20 Å². The molecule has 3 aromatic rings. The van der Waals surface area contributed by atoms with Gasteiger partial charge in [-0.2, -0.15) is 4.98 Å². The van der Waals surface area contributed by atoms with Crippen molar-refractivity contribution < 1.29 is 9.84 Å². The molecule has 1 aliphatic heterocycles. The van der Waals surface area contributed by atoms with Gasteiger partial charge in [-0.25, -0.2) is 4.98 Å². The third-order valence-electron chi connectivity index (χ3n) is 5.40. The third kappa shape index (κ3) is 7.13. The van der Waals surface area contributed by atoms with E-state index >= 15 is 0 Å². The molecular formula is C24H29BrN6O2. The van der Waals surface area contributed by atoms with Crippen molar-refractivity contribution in [1.29, 1.82) is 0 Å². The molecule has 0 amide bonds. The van der Waals surface area contributed by atoms with Crippen LogP contribution in [0.25, 0.3) is 0 Å². The van der Waals surface area contributed by atoms with Crippen molar-refractivity contribution in [1.82, 2.24) is 19.8 Å². The number of piperazine rings is 1. The monoisotopic (exact) mass is 512 g/mol. The van der Waals surface area contributed by atoms with Crippen LogP contribution in [0, 0.1) is 0 Å². The number of nitrogens with one attached hydrogen (secondary N) is 2. The molecule has 2 heterocycles. The fraction of sp³-hybridized carbons (Fsp3) is 0.333. The van der Waals surface area contributed by atoms with E-state index in [2.05, 4.69) is 53.4 Å². The largest absolute Gasteiger partial charge is 0.491 e. The summed E-state index contributed by atoms with van der Waals surface area (Å²) in [6, 6.07) is 17.4. The molecule has 1 saturated heterocycles. The minimum absolute atomic E-state index is 0.267. The number of β-amino-alcohol motifs (C(OH)–C–C–N with tert-alkyl or cyclic N) is 1. The Morgan fingerprint density at radius 1 is 1.00 bits per heavy atom. The van der Waals surface area contributed by atoms with Crippen LogP contribution in [0.2, 0.25) is 0 Å². The number of ether oxygens (including phenoxy) is 1. The first kappa shape index (κ1) is 23.4. The van der Waals surface area contributed by atoms with Gasteiger partial charge >= 0.3 is 0 Å². The van der Waals surface area contributed by atoms with Crippen LogP contribution in [0.5, 0.6) is 5.75 Å². The first-order chi connectivity index (χ1) is 16.0. The number of hydrogen-bond donors (Lipinski definition) is 3. The quantitative estimate of drug-likeness (QED) is 0.400. The van der Waals surface area contributed by atoms with E-state index in [0.717, 1.165) is 42.0 Å². The maximum atomic E-state index is 10.3. The van der Waals surface area contributed by atoms with Crippen molar-refractivity contribution in [3.8, 4) is 5.75 Å². The van der Waals surface area contributed by atoms with Gasteiger partial charge in [-0.3, -0.25) is 4.90 Å². The predicted octanol–water partition coefficient (Wildman–Crippen LogP) is 3.71.